The smallest absolute Gasteiger partial charge is 0.347 e. The van der Waals surface area contributed by atoms with Crippen molar-refractivity contribution < 1.29 is 17.6 Å². The van der Waals surface area contributed by atoms with E-state index in [-0.39, 0.29) is 17.6 Å². The van der Waals surface area contributed by atoms with E-state index < -0.39 is 39.7 Å². The lowest BCUT2D eigenvalue weighted by Gasteiger charge is -2.30. The van der Waals surface area contributed by atoms with Crippen LogP contribution in [0.3, 0.4) is 0 Å². The van der Waals surface area contributed by atoms with Crippen molar-refractivity contribution in [3.05, 3.63) is 88.8 Å². The number of aryl methyl sites for hydroxylation is 2. The third kappa shape index (κ3) is 3.38. The molecule has 0 bridgehead atoms. The summed E-state index contributed by atoms with van der Waals surface area (Å²) in [7, 11) is 1.80. The molecule has 35 heavy (non-hydrogen) atoms. The van der Waals surface area contributed by atoms with Gasteiger partial charge in [0.05, 0.1) is 18.3 Å². The zero-order valence-corrected chi connectivity index (χ0v) is 19.0. The minimum absolute atomic E-state index is 0.0182. The highest BCUT2D eigenvalue weighted by Gasteiger charge is 2.48. The second kappa shape index (κ2) is 7.98. The van der Waals surface area contributed by atoms with E-state index in [2.05, 4.69) is 20.1 Å². The van der Waals surface area contributed by atoms with Crippen LogP contribution in [0.25, 0.3) is 11.1 Å². The predicted molar refractivity (Wildman–Crippen MR) is 124 cm³/mol. The summed E-state index contributed by atoms with van der Waals surface area (Å²) in [4.78, 5) is 13.2. The van der Waals surface area contributed by atoms with E-state index in [0.717, 1.165) is 23.0 Å². The fraction of sp³-hybridized carbons (Fsp3) is 0.167. The number of amidine groups is 1. The zero-order valence-electron chi connectivity index (χ0n) is 19.0. The fourth-order valence-electron chi connectivity index (χ4n) is 4.43. The van der Waals surface area contributed by atoms with Gasteiger partial charge in [0.25, 0.3) is 0 Å². The molecule has 5 rings (SSSR count). The molecule has 3 aromatic rings. The highest BCUT2D eigenvalue weighted by molar-refractivity contribution is 6.01. The Balaban J connectivity index is 1.65. The highest BCUT2D eigenvalue weighted by atomic mass is 19.2. The average molecular weight is 482 g/mol. The number of hydrogen-bond donors (Lipinski definition) is 1. The van der Waals surface area contributed by atoms with Gasteiger partial charge in [-0.2, -0.15) is 15.1 Å². The second-order valence-corrected chi connectivity index (χ2v) is 8.31. The Morgan fingerprint density at radius 1 is 1.06 bits per heavy atom. The number of rotatable bonds is 4. The molecule has 2 aromatic heterocycles. The molecule has 0 saturated carbocycles. The summed E-state index contributed by atoms with van der Waals surface area (Å²) >= 11 is 0. The first kappa shape index (κ1) is 22.7. The summed E-state index contributed by atoms with van der Waals surface area (Å²) in [5, 5.41) is 4.39. The lowest BCUT2D eigenvalue weighted by atomic mass is 10.1. The molecule has 1 unspecified atom stereocenters. The molecule has 4 heterocycles. The van der Waals surface area contributed by atoms with Crippen molar-refractivity contribution in [1.29, 1.82) is 0 Å². The largest absolute Gasteiger partial charge is 0.383 e. The molecule has 0 radical (unpaired) electrons. The lowest BCUT2D eigenvalue weighted by Crippen LogP contribution is -2.49. The van der Waals surface area contributed by atoms with Crippen molar-refractivity contribution in [2.75, 3.05) is 5.73 Å². The number of nitrogens with zero attached hydrogens (tertiary/aromatic N) is 6. The van der Waals surface area contributed by atoms with Crippen molar-refractivity contribution >= 4 is 17.6 Å². The van der Waals surface area contributed by atoms with Crippen LogP contribution in [0.15, 0.2) is 59.4 Å². The van der Waals surface area contributed by atoms with Gasteiger partial charge in [-0.3, -0.25) is 4.68 Å². The number of hydrogen-bond acceptors (Lipinski definition) is 5. The number of fused-ring (bicyclic) bond motifs is 1. The number of halogens is 4. The van der Waals surface area contributed by atoms with Crippen LogP contribution < -0.4 is 10.2 Å². The van der Waals surface area contributed by atoms with Gasteiger partial charge in [0.2, 0.25) is 5.84 Å². The number of anilines is 1. The van der Waals surface area contributed by atoms with Crippen molar-refractivity contribution in [2.45, 2.75) is 20.3 Å². The van der Waals surface area contributed by atoms with Crippen LogP contribution in [0.5, 0.6) is 0 Å². The Morgan fingerprint density at radius 3 is 2.49 bits per heavy atom. The maximum atomic E-state index is 14.6. The molecule has 0 saturated heterocycles. The van der Waals surface area contributed by atoms with Crippen LogP contribution in [0.1, 0.15) is 17.0 Å². The quantitative estimate of drug-likeness (QED) is 0.333. The molecule has 2 aliphatic heterocycles. The van der Waals surface area contributed by atoms with Crippen LogP contribution in [-0.4, -0.2) is 25.6 Å². The molecule has 0 spiro atoms. The normalized spacial score (nSPS) is 18.9. The van der Waals surface area contributed by atoms with E-state index >= 15 is 0 Å². The number of benzene rings is 1. The number of aromatic nitrogens is 4. The standard InChI is InChI=1S/C24H20F4N7/c1-12-21(13(2)34(3)33-12)17-10-31-24(32-23(17)29)35-11-14(25)4-5-15(35)9-30-20(35)8-16-18(26)6-7-19(27)22(16)28/h4-7,9-11H,8H2,1-3H3,(H2,29,31,32)/q+1. The van der Waals surface area contributed by atoms with Crippen molar-refractivity contribution in [3.8, 4) is 11.1 Å². The van der Waals surface area contributed by atoms with Gasteiger partial charge < -0.3 is 5.73 Å². The zero-order chi connectivity index (χ0) is 25.1. The third-order valence-electron chi connectivity index (χ3n) is 6.26. The SMILES string of the molecule is Cc1nn(C)c(C)c1-c1cnc([N+]23C=C(F)C=CC2=CN=C3Cc2c(F)ccc(F)c2F)nc1N. The molecule has 1 aromatic carbocycles. The van der Waals surface area contributed by atoms with Gasteiger partial charge in [0, 0.05) is 41.7 Å². The third-order valence-corrected chi connectivity index (χ3v) is 6.26. The van der Waals surface area contributed by atoms with Crippen LogP contribution in [0.2, 0.25) is 0 Å². The molecule has 0 fully saturated rings. The first-order chi connectivity index (χ1) is 16.6. The monoisotopic (exact) mass is 482 g/mol. The van der Waals surface area contributed by atoms with Crippen molar-refractivity contribution in [3.63, 3.8) is 0 Å². The van der Waals surface area contributed by atoms with Crippen LogP contribution in [0.4, 0.5) is 29.3 Å². The van der Waals surface area contributed by atoms with Crippen LogP contribution in [-0.2, 0) is 13.5 Å². The summed E-state index contributed by atoms with van der Waals surface area (Å²) in [5.41, 5.74) is 9.11. The van der Waals surface area contributed by atoms with Gasteiger partial charge in [0.1, 0.15) is 11.6 Å². The molecular formula is C24H20F4N7+. The summed E-state index contributed by atoms with van der Waals surface area (Å²) in [6.07, 6.45) is 6.33. The van der Waals surface area contributed by atoms with E-state index in [9.17, 15) is 17.6 Å². The molecule has 11 heteroatoms. The van der Waals surface area contributed by atoms with Gasteiger partial charge in [-0.15, -0.1) is 4.48 Å². The number of quaternary nitrogens is 1. The average Bonchev–Trinajstić information content (AvgIpc) is 3.30. The van der Waals surface area contributed by atoms with Crippen molar-refractivity contribution in [1.82, 2.24) is 24.2 Å². The Kier molecular flexibility index (Phi) is 5.17. The number of nitrogens with two attached hydrogens (primary N) is 1. The number of nitrogen functional groups attached to an aromatic ring is 1. The first-order valence-corrected chi connectivity index (χ1v) is 10.6. The van der Waals surface area contributed by atoms with Gasteiger partial charge in [-0.05, 0) is 32.1 Å². The van der Waals surface area contributed by atoms with Gasteiger partial charge in [0.15, 0.2) is 29.4 Å². The molecule has 2 aliphatic rings. The van der Waals surface area contributed by atoms with E-state index in [1.807, 2.05) is 13.8 Å². The molecule has 0 aliphatic carbocycles. The minimum atomic E-state index is -1.34. The summed E-state index contributed by atoms with van der Waals surface area (Å²) in [6.45, 7) is 3.71. The summed E-state index contributed by atoms with van der Waals surface area (Å²) in [5.74, 6) is -3.93. The predicted octanol–water partition coefficient (Wildman–Crippen LogP) is 4.68. The van der Waals surface area contributed by atoms with Gasteiger partial charge in [-0.1, -0.05) is 0 Å². The van der Waals surface area contributed by atoms with Crippen LogP contribution >= 0.6 is 0 Å². The molecule has 7 nitrogen and oxygen atoms in total. The molecule has 2 N–H and O–H groups in total. The molecule has 1 atom stereocenters. The van der Waals surface area contributed by atoms with Gasteiger partial charge in [-0.25, -0.2) is 22.6 Å². The Morgan fingerprint density at radius 2 is 1.80 bits per heavy atom. The number of aliphatic imine (C=N–C) groups is 1. The molecule has 178 valence electrons. The highest BCUT2D eigenvalue weighted by Crippen LogP contribution is 2.40. The Bertz CT molecular complexity index is 1520. The minimum Gasteiger partial charge on any atom is -0.383 e. The topological polar surface area (TPSA) is 82.0 Å². The van der Waals surface area contributed by atoms with E-state index in [4.69, 9.17) is 5.73 Å². The van der Waals surface area contributed by atoms with Crippen molar-refractivity contribution in [2.24, 2.45) is 12.0 Å². The Labute approximate surface area is 197 Å². The van der Waals surface area contributed by atoms with E-state index in [1.165, 1.54) is 30.7 Å². The van der Waals surface area contributed by atoms with Gasteiger partial charge >= 0.3 is 5.95 Å². The molecule has 0 amide bonds. The second-order valence-electron chi connectivity index (χ2n) is 8.31. The molecular weight excluding hydrogens is 462 g/mol. The number of allylic oxidation sites excluding steroid dienone is 3. The first-order valence-electron chi connectivity index (χ1n) is 10.6. The maximum absolute atomic E-state index is 14.6. The van der Waals surface area contributed by atoms with E-state index in [0.29, 0.717) is 17.3 Å². The summed E-state index contributed by atoms with van der Waals surface area (Å²) < 4.78 is 58.5. The van der Waals surface area contributed by atoms with Crippen LogP contribution in [0, 0.1) is 31.3 Å². The Hall–Kier alpha value is -4.12. The fourth-order valence-corrected chi connectivity index (χ4v) is 4.43. The maximum Gasteiger partial charge on any atom is 0.347 e. The lowest BCUT2D eigenvalue weighted by molar-refractivity contribution is 0.482. The summed E-state index contributed by atoms with van der Waals surface area (Å²) in [6, 6.07) is 1.53. The van der Waals surface area contributed by atoms with E-state index in [1.54, 1.807) is 11.7 Å².